The molecule has 1 heterocycles. The van der Waals surface area contributed by atoms with Crippen molar-refractivity contribution in [2.75, 3.05) is 6.61 Å². The number of aliphatic hydroxyl groups excluding tert-OH is 1. The van der Waals surface area contributed by atoms with Crippen LogP contribution in [0.1, 0.15) is 18.4 Å². The first-order chi connectivity index (χ1) is 7.72. The highest BCUT2D eigenvalue weighted by molar-refractivity contribution is 5.36. The van der Waals surface area contributed by atoms with Gasteiger partial charge in [-0.3, -0.25) is 0 Å². The minimum Gasteiger partial charge on any atom is -0.396 e. The van der Waals surface area contributed by atoms with Crippen LogP contribution in [0.25, 0.3) is 5.69 Å². The van der Waals surface area contributed by atoms with Crippen LogP contribution in [0, 0.1) is 5.82 Å². The fourth-order valence-electron chi connectivity index (χ4n) is 1.53. The SMILES string of the molecule is CC(CO)c1ccc(-n2cccn2)c(F)c1. The summed E-state index contributed by atoms with van der Waals surface area (Å²) in [4.78, 5) is 0. The highest BCUT2D eigenvalue weighted by Crippen LogP contribution is 2.20. The van der Waals surface area contributed by atoms with Crippen molar-refractivity contribution in [3.8, 4) is 5.69 Å². The van der Waals surface area contributed by atoms with E-state index in [1.165, 1.54) is 10.7 Å². The van der Waals surface area contributed by atoms with E-state index in [0.717, 1.165) is 5.56 Å². The Morgan fingerprint density at radius 3 is 2.88 bits per heavy atom. The van der Waals surface area contributed by atoms with E-state index in [2.05, 4.69) is 5.10 Å². The van der Waals surface area contributed by atoms with Gasteiger partial charge in [0.15, 0.2) is 0 Å². The molecule has 3 nitrogen and oxygen atoms in total. The quantitative estimate of drug-likeness (QED) is 0.860. The molecule has 4 heteroatoms. The predicted octanol–water partition coefficient (Wildman–Crippen LogP) is 2.11. The lowest BCUT2D eigenvalue weighted by atomic mass is 10.0. The number of aliphatic hydroxyl groups is 1. The van der Waals surface area contributed by atoms with E-state index in [1.807, 2.05) is 6.92 Å². The van der Waals surface area contributed by atoms with Gasteiger partial charge in [0.05, 0.1) is 0 Å². The van der Waals surface area contributed by atoms with Crippen molar-refractivity contribution in [3.05, 3.63) is 48.0 Å². The Morgan fingerprint density at radius 2 is 2.31 bits per heavy atom. The van der Waals surface area contributed by atoms with Crippen LogP contribution in [0.3, 0.4) is 0 Å². The number of hydrogen-bond acceptors (Lipinski definition) is 2. The molecule has 1 aromatic carbocycles. The summed E-state index contributed by atoms with van der Waals surface area (Å²) in [5, 5.41) is 13.0. The fourth-order valence-corrected chi connectivity index (χ4v) is 1.53. The Balaban J connectivity index is 2.37. The van der Waals surface area contributed by atoms with Crippen LogP contribution < -0.4 is 0 Å². The standard InChI is InChI=1S/C12H13FN2O/c1-9(8-16)10-3-4-12(11(13)7-10)15-6-2-5-14-15/h2-7,9,16H,8H2,1H3. The summed E-state index contributed by atoms with van der Waals surface area (Å²) in [6.45, 7) is 1.86. The molecule has 0 fully saturated rings. The van der Waals surface area contributed by atoms with E-state index in [-0.39, 0.29) is 18.3 Å². The average molecular weight is 220 g/mol. The van der Waals surface area contributed by atoms with E-state index >= 15 is 0 Å². The molecule has 2 rings (SSSR count). The van der Waals surface area contributed by atoms with Gasteiger partial charge in [-0.15, -0.1) is 0 Å². The zero-order valence-electron chi connectivity index (χ0n) is 8.97. The summed E-state index contributed by atoms with van der Waals surface area (Å²) in [5.41, 5.74) is 1.20. The van der Waals surface area contributed by atoms with Gasteiger partial charge in [0.2, 0.25) is 0 Å². The predicted molar refractivity (Wildman–Crippen MR) is 59.0 cm³/mol. The fraction of sp³-hybridized carbons (Fsp3) is 0.250. The minimum atomic E-state index is -0.332. The molecule has 0 saturated heterocycles. The van der Waals surface area contributed by atoms with Crippen LogP contribution in [0.15, 0.2) is 36.7 Å². The molecule has 0 aliphatic heterocycles. The summed E-state index contributed by atoms with van der Waals surface area (Å²) in [7, 11) is 0. The number of rotatable bonds is 3. The Bertz CT molecular complexity index is 468. The molecule has 0 radical (unpaired) electrons. The first kappa shape index (κ1) is 10.8. The van der Waals surface area contributed by atoms with Gasteiger partial charge < -0.3 is 5.11 Å². The molecule has 1 unspecified atom stereocenters. The van der Waals surface area contributed by atoms with Crippen molar-refractivity contribution in [3.63, 3.8) is 0 Å². The maximum absolute atomic E-state index is 13.8. The van der Waals surface area contributed by atoms with E-state index < -0.39 is 0 Å². The maximum Gasteiger partial charge on any atom is 0.149 e. The van der Waals surface area contributed by atoms with Gasteiger partial charge in [0.1, 0.15) is 11.5 Å². The van der Waals surface area contributed by atoms with Gasteiger partial charge >= 0.3 is 0 Å². The lowest BCUT2D eigenvalue weighted by molar-refractivity contribution is 0.273. The van der Waals surface area contributed by atoms with Gasteiger partial charge in [-0.05, 0) is 23.8 Å². The number of halogens is 1. The van der Waals surface area contributed by atoms with Crippen molar-refractivity contribution in [1.29, 1.82) is 0 Å². The molecular formula is C12H13FN2O. The Hall–Kier alpha value is -1.68. The van der Waals surface area contributed by atoms with Crippen molar-refractivity contribution in [2.24, 2.45) is 0 Å². The average Bonchev–Trinajstić information content (AvgIpc) is 2.81. The Kier molecular flexibility index (Phi) is 3.01. The van der Waals surface area contributed by atoms with Crippen molar-refractivity contribution < 1.29 is 9.50 Å². The highest BCUT2D eigenvalue weighted by Gasteiger charge is 2.09. The van der Waals surface area contributed by atoms with Gasteiger partial charge in [-0.1, -0.05) is 13.0 Å². The van der Waals surface area contributed by atoms with Crippen LogP contribution in [0.5, 0.6) is 0 Å². The molecule has 1 atom stereocenters. The lowest BCUT2D eigenvalue weighted by Gasteiger charge is -2.10. The second kappa shape index (κ2) is 4.45. The van der Waals surface area contributed by atoms with Crippen LogP contribution in [0.4, 0.5) is 4.39 Å². The number of benzene rings is 1. The third kappa shape index (κ3) is 1.97. The lowest BCUT2D eigenvalue weighted by Crippen LogP contribution is -2.03. The first-order valence-electron chi connectivity index (χ1n) is 5.12. The van der Waals surface area contributed by atoms with Crippen molar-refractivity contribution in [1.82, 2.24) is 9.78 Å². The molecule has 84 valence electrons. The molecule has 16 heavy (non-hydrogen) atoms. The second-order valence-corrected chi connectivity index (χ2v) is 3.75. The summed E-state index contributed by atoms with van der Waals surface area (Å²) in [6, 6.07) is 6.66. The molecular weight excluding hydrogens is 207 g/mol. The van der Waals surface area contributed by atoms with Gasteiger partial charge in [-0.25, -0.2) is 9.07 Å². The van der Waals surface area contributed by atoms with E-state index in [4.69, 9.17) is 5.11 Å². The summed E-state index contributed by atoms with van der Waals surface area (Å²) in [5.74, 6) is -0.386. The highest BCUT2D eigenvalue weighted by atomic mass is 19.1. The first-order valence-corrected chi connectivity index (χ1v) is 5.12. The van der Waals surface area contributed by atoms with Crippen LogP contribution >= 0.6 is 0 Å². The van der Waals surface area contributed by atoms with Crippen LogP contribution in [0.2, 0.25) is 0 Å². The third-order valence-corrected chi connectivity index (χ3v) is 2.57. The van der Waals surface area contributed by atoms with E-state index in [1.54, 1.807) is 30.6 Å². The monoisotopic (exact) mass is 220 g/mol. The molecule has 2 aromatic rings. The van der Waals surface area contributed by atoms with Crippen LogP contribution in [-0.2, 0) is 0 Å². The smallest absolute Gasteiger partial charge is 0.149 e. The molecule has 1 N–H and O–H groups in total. The third-order valence-electron chi connectivity index (χ3n) is 2.57. The maximum atomic E-state index is 13.8. The molecule has 0 aliphatic carbocycles. The minimum absolute atomic E-state index is 0.0144. The zero-order valence-corrected chi connectivity index (χ0v) is 8.97. The summed E-state index contributed by atoms with van der Waals surface area (Å²) in [6.07, 6.45) is 3.29. The van der Waals surface area contributed by atoms with Gasteiger partial charge in [0, 0.05) is 24.9 Å². The van der Waals surface area contributed by atoms with Crippen LogP contribution in [-0.4, -0.2) is 21.5 Å². The largest absolute Gasteiger partial charge is 0.396 e. The van der Waals surface area contributed by atoms with Crippen molar-refractivity contribution in [2.45, 2.75) is 12.8 Å². The molecule has 1 aromatic heterocycles. The zero-order chi connectivity index (χ0) is 11.5. The van der Waals surface area contributed by atoms with E-state index in [0.29, 0.717) is 5.69 Å². The normalized spacial score (nSPS) is 12.7. The molecule has 0 amide bonds. The van der Waals surface area contributed by atoms with Crippen molar-refractivity contribution >= 4 is 0 Å². The summed E-state index contributed by atoms with van der Waals surface area (Å²) < 4.78 is 15.2. The second-order valence-electron chi connectivity index (χ2n) is 3.75. The Morgan fingerprint density at radius 1 is 1.50 bits per heavy atom. The van der Waals surface area contributed by atoms with Gasteiger partial charge in [-0.2, -0.15) is 5.10 Å². The number of nitrogens with zero attached hydrogens (tertiary/aromatic N) is 2. The molecule has 0 spiro atoms. The summed E-state index contributed by atoms with van der Waals surface area (Å²) >= 11 is 0. The molecule has 0 aliphatic rings. The Labute approximate surface area is 93.2 Å². The molecule has 0 bridgehead atoms. The number of hydrogen-bond donors (Lipinski definition) is 1. The number of aromatic nitrogens is 2. The van der Waals surface area contributed by atoms with E-state index in [9.17, 15) is 4.39 Å². The van der Waals surface area contributed by atoms with Gasteiger partial charge in [0.25, 0.3) is 0 Å². The topological polar surface area (TPSA) is 38.0 Å². The molecule has 0 saturated carbocycles.